The quantitative estimate of drug-likeness (QED) is 0.802. The summed E-state index contributed by atoms with van der Waals surface area (Å²) >= 11 is 0. The molecule has 0 bridgehead atoms. The SMILES string of the molecule is CN(C)S(=O)(=O)NCC(=O)N[C@H]1CCOc2ccccc21. The van der Waals surface area contributed by atoms with Crippen molar-refractivity contribution in [2.75, 3.05) is 27.2 Å². The highest BCUT2D eigenvalue weighted by molar-refractivity contribution is 7.87. The third kappa shape index (κ3) is 3.93. The van der Waals surface area contributed by atoms with Crippen molar-refractivity contribution in [3.63, 3.8) is 0 Å². The lowest BCUT2D eigenvalue weighted by Gasteiger charge is -2.26. The summed E-state index contributed by atoms with van der Waals surface area (Å²) in [5.74, 6) is 0.380. The first-order chi connectivity index (χ1) is 9.90. The number of rotatable bonds is 5. The van der Waals surface area contributed by atoms with Crippen molar-refractivity contribution < 1.29 is 17.9 Å². The Bertz CT molecular complexity index is 616. The maximum atomic E-state index is 11.9. The average molecular weight is 313 g/mol. The summed E-state index contributed by atoms with van der Waals surface area (Å²) in [6, 6.07) is 7.33. The van der Waals surface area contributed by atoms with Gasteiger partial charge in [0.25, 0.3) is 10.2 Å². The van der Waals surface area contributed by atoms with Crippen molar-refractivity contribution in [1.82, 2.24) is 14.3 Å². The number of amides is 1. The first-order valence-electron chi connectivity index (χ1n) is 6.58. The Balaban J connectivity index is 1.96. The topological polar surface area (TPSA) is 87.7 Å². The lowest BCUT2D eigenvalue weighted by atomic mass is 10.0. The molecule has 8 heteroatoms. The third-order valence-electron chi connectivity index (χ3n) is 3.19. The van der Waals surface area contributed by atoms with E-state index in [1.165, 1.54) is 14.1 Å². The Hall–Kier alpha value is -1.64. The average Bonchev–Trinajstić information content (AvgIpc) is 2.45. The van der Waals surface area contributed by atoms with Gasteiger partial charge in [-0.25, -0.2) is 0 Å². The number of carbonyl (C=O) groups excluding carboxylic acids is 1. The van der Waals surface area contributed by atoms with Crippen LogP contribution in [0.25, 0.3) is 0 Å². The van der Waals surface area contributed by atoms with Crippen LogP contribution in [0, 0.1) is 0 Å². The Kier molecular flexibility index (Phi) is 4.81. The van der Waals surface area contributed by atoms with Gasteiger partial charge < -0.3 is 10.1 Å². The van der Waals surface area contributed by atoms with E-state index in [4.69, 9.17) is 4.74 Å². The zero-order chi connectivity index (χ0) is 15.5. The maximum Gasteiger partial charge on any atom is 0.279 e. The molecule has 21 heavy (non-hydrogen) atoms. The minimum atomic E-state index is -3.60. The molecular formula is C13H19N3O4S. The molecule has 0 saturated carbocycles. The van der Waals surface area contributed by atoms with Gasteiger partial charge in [0.2, 0.25) is 5.91 Å². The monoisotopic (exact) mass is 313 g/mol. The molecule has 1 atom stereocenters. The molecule has 1 amide bonds. The van der Waals surface area contributed by atoms with Gasteiger partial charge in [-0.3, -0.25) is 4.79 Å². The lowest BCUT2D eigenvalue weighted by Crippen LogP contribution is -2.43. The number of hydrogen-bond donors (Lipinski definition) is 2. The molecule has 1 heterocycles. The maximum absolute atomic E-state index is 11.9. The minimum absolute atomic E-state index is 0.161. The number of ether oxygens (including phenoxy) is 1. The number of hydrogen-bond acceptors (Lipinski definition) is 4. The summed E-state index contributed by atoms with van der Waals surface area (Å²) in [6.07, 6.45) is 0.656. The zero-order valence-electron chi connectivity index (χ0n) is 12.0. The van der Waals surface area contributed by atoms with Gasteiger partial charge in [0.1, 0.15) is 5.75 Å². The molecule has 1 aromatic carbocycles. The fraction of sp³-hybridized carbons (Fsp3) is 0.462. The van der Waals surface area contributed by atoms with Crippen LogP contribution in [0.3, 0.4) is 0 Å². The van der Waals surface area contributed by atoms with E-state index in [-0.39, 0.29) is 18.5 Å². The predicted molar refractivity (Wildman–Crippen MR) is 78.0 cm³/mol. The third-order valence-corrected chi connectivity index (χ3v) is 4.66. The van der Waals surface area contributed by atoms with Crippen molar-refractivity contribution in [2.45, 2.75) is 12.5 Å². The van der Waals surface area contributed by atoms with Crippen molar-refractivity contribution in [1.29, 1.82) is 0 Å². The molecular weight excluding hydrogens is 294 g/mol. The van der Waals surface area contributed by atoms with Gasteiger partial charge in [0, 0.05) is 26.1 Å². The lowest BCUT2D eigenvalue weighted by molar-refractivity contribution is -0.120. The van der Waals surface area contributed by atoms with Gasteiger partial charge in [-0.2, -0.15) is 17.4 Å². The van der Waals surface area contributed by atoms with Crippen LogP contribution in [0.2, 0.25) is 0 Å². The minimum Gasteiger partial charge on any atom is -0.493 e. The number of carbonyl (C=O) groups is 1. The van der Waals surface area contributed by atoms with Crippen LogP contribution >= 0.6 is 0 Å². The molecule has 0 saturated heterocycles. The zero-order valence-corrected chi connectivity index (χ0v) is 12.8. The molecule has 1 aliphatic heterocycles. The number of fused-ring (bicyclic) bond motifs is 1. The second kappa shape index (κ2) is 6.42. The summed E-state index contributed by atoms with van der Waals surface area (Å²) in [6.45, 7) is 0.228. The fourth-order valence-corrected chi connectivity index (χ4v) is 2.59. The van der Waals surface area contributed by atoms with E-state index in [0.29, 0.717) is 13.0 Å². The van der Waals surface area contributed by atoms with Crippen LogP contribution in [-0.4, -0.2) is 45.9 Å². The first-order valence-corrected chi connectivity index (χ1v) is 8.02. The molecule has 2 N–H and O–H groups in total. The van der Waals surface area contributed by atoms with Gasteiger partial charge in [0.05, 0.1) is 19.2 Å². The highest BCUT2D eigenvalue weighted by Crippen LogP contribution is 2.31. The van der Waals surface area contributed by atoms with Crippen LogP contribution in [-0.2, 0) is 15.0 Å². The summed E-state index contributed by atoms with van der Waals surface area (Å²) < 4.78 is 31.8. The van der Waals surface area contributed by atoms with Crippen LogP contribution in [0.4, 0.5) is 0 Å². The van der Waals surface area contributed by atoms with E-state index in [9.17, 15) is 13.2 Å². The van der Waals surface area contributed by atoms with Gasteiger partial charge in [0.15, 0.2) is 0 Å². The highest BCUT2D eigenvalue weighted by atomic mass is 32.2. The van der Waals surface area contributed by atoms with Crippen LogP contribution in [0.15, 0.2) is 24.3 Å². The fourth-order valence-electron chi connectivity index (χ4n) is 2.02. The Morgan fingerprint density at radius 1 is 1.38 bits per heavy atom. The normalized spacial score (nSPS) is 18.0. The van der Waals surface area contributed by atoms with Crippen LogP contribution in [0.1, 0.15) is 18.0 Å². The van der Waals surface area contributed by atoms with Crippen LogP contribution in [0.5, 0.6) is 5.75 Å². The number of benzene rings is 1. The number of nitrogens with one attached hydrogen (secondary N) is 2. The molecule has 7 nitrogen and oxygen atoms in total. The number of nitrogens with zero attached hydrogens (tertiary/aromatic N) is 1. The van der Waals surface area contributed by atoms with E-state index in [1.807, 2.05) is 24.3 Å². The molecule has 116 valence electrons. The van der Waals surface area contributed by atoms with Crippen molar-refractivity contribution in [2.24, 2.45) is 0 Å². The van der Waals surface area contributed by atoms with Crippen molar-refractivity contribution >= 4 is 16.1 Å². The Labute approximate surface area is 124 Å². The molecule has 0 fully saturated rings. The largest absolute Gasteiger partial charge is 0.493 e. The molecule has 0 unspecified atom stereocenters. The van der Waals surface area contributed by atoms with E-state index in [1.54, 1.807) is 0 Å². The molecule has 0 aromatic heterocycles. The van der Waals surface area contributed by atoms with E-state index < -0.39 is 10.2 Å². The van der Waals surface area contributed by atoms with E-state index >= 15 is 0 Å². The Morgan fingerprint density at radius 3 is 2.81 bits per heavy atom. The predicted octanol–water partition coefficient (Wildman–Crippen LogP) is 0.0224. The second-order valence-electron chi connectivity index (χ2n) is 4.90. The first kappa shape index (κ1) is 15.7. The molecule has 0 radical (unpaired) electrons. The highest BCUT2D eigenvalue weighted by Gasteiger charge is 2.23. The Morgan fingerprint density at radius 2 is 2.10 bits per heavy atom. The van der Waals surface area contributed by atoms with Crippen LogP contribution < -0.4 is 14.8 Å². The molecule has 2 rings (SSSR count). The smallest absolute Gasteiger partial charge is 0.279 e. The summed E-state index contributed by atoms with van der Waals surface area (Å²) in [5, 5.41) is 2.82. The van der Waals surface area contributed by atoms with Gasteiger partial charge >= 0.3 is 0 Å². The van der Waals surface area contributed by atoms with Crippen molar-refractivity contribution in [3.8, 4) is 5.75 Å². The van der Waals surface area contributed by atoms with E-state index in [0.717, 1.165) is 15.6 Å². The molecule has 0 aliphatic carbocycles. The molecule has 0 spiro atoms. The summed E-state index contributed by atoms with van der Waals surface area (Å²) in [4.78, 5) is 11.9. The standard InChI is InChI=1S/C13H19N3O4S/c1-16(2)21(18,19)14-9-13(17)15-11-7-8-20-12-6-4-3-5-10(11)12/h3-6,11,14H,7-9H2,1-2H3,(H,15,17)/t11-/m0/s1. The number of para-hydroxylation sites is 1. The van der Waals surface area contributed by atoms with Gasteiger partial charge in [-0.05, 0) is 6.07 Å². The summed E-state index contributed by atoms with van der Waals surface area (Å²) in [5.41, 5.74) is 0.910. The molecule has 1 aromatic rings. The van der Waals surface area contributed by atoms with E-state index in [2.05, 4.69) is 10.0 Å². The van der Waals surface area contributed by atoms with Gasteiger partial charge in [-0.15, -0.1) is 0 Å². The van der Waals surface area contributed by atoms with Gasteiger partial charge in [-0.1, -0.05) is 18.2 Å². The molecule has 1 aliphatic rings. The van der Waals surface area contributed by atoms with Crippen molar-refractivity contribution in [3.05, 3.63) is 29.8 Å². The summed E-state index contributed by atoms with van der Waals surface area (Å²) in [7, 11) is -0.801. The second-order valence-corrected chi connectivity index (χ2v) is 6.87.